The average Bonchev–Trinajstić information content (AvgIpc) is 2.95. The second-order valence-electron chi connectivity index (χ2n) is 5.65. The Hall–Kier alpha value is -2.11. The summed E-state index contributed by atoms with van der Waals surface area (Å²) in [4.78, 5) is 4.03. The van der Waals surface area contributed by atoms with Gasteiger partial charge in [0.1, 0.15) is 22.6 Å². The molecule has 0 bridgehead atoms. The number of benzene rings is 1. The summed E-state index contributed by atoms with van der Waals surface area (Å²) < 4.78 is 20.0. The Morgan fingerprint density at radius 1 is 1.30 bits per heavy atom. The number of nitrogens with zero attached hydrogens (tertiary/aromatic N) is 1. The van der Waals surface area contributed by atoms with Crippen molar-refractivity contribution in [2.45, 2.75) is 19.4 Å². The van der Waals surface area contributed by atoms with Crippen molar-refractivity contribution in [3.05, 3.63) is 58.9 Å². The molecule has 1 aromatic carbocycles. The third kappa shape index (κ3) is 3.02. The van der Waals surface area contributed by atoms with E-state index in [-0.39, 0.29) is 17.7 Å². The van der Waals surface area contributed by atoms with Crippen LogP contribution in [0.25, 0.3) is 10.9 Å². The maximum Gasteiger partial charge on any atom is 0.172 e. The number of aryl methyl sites for hydroxylation is 1. The summed E-state index contributed by atoms with van der Waals surface area (Å²) >= 11 is 6.03. The molecule has 0 radical (unpaired) electrons. The summed E-state index contributed by atoms with van der Waals surface area (Å²) in [5.74, 6) is 0.622. The number of pyridine rings is 1. The van der Waals surface area contributed by atoms with Crippen molar-refractivity contribution in [2.24, 2.45) is 0 Å². The number of rotatable bonds is 4. The van der Waals surface area contributed by atoms with Gasteiger partial charge in [0.25, 0.3) is 0 Å². The van der Waals surface area contributed by atoms with Crippen LogP contribution in [0.4, 0.5) is 10.1 Å². The molecule has 0 saturated heterocycles. The maximum atomic E-state index is 14.5. The highest BCUT2D eigenvalue weighted by Crippen LogP contribution is 2.29. The Labute approximate surface area is 137 Å². The van der Waals surface area contributed by atoms with Crippen molar-refractivity contribution in [3.8, 4) is 0 Å². The van der Waals surface area contributed by atoms with Crippen molar-refractivity contribution in [2.75, 3.05) is 11.9 Å². The highest BCUT2D eigenvalue weighted by Gasteiger charge is 2.27. The molecule has 2 heterocycles. The smallest absolute Gasteiger partial charge is 0.172 e. The summed E-state index contributed by atoms with van der Waals surface area (Å²) in [5.41, 5.74) is -0.830. The number of furan rings is 1. The fourth-order valence-corrected chi connectivity index (χ4v) is 2.57. The van der Waals surface area contributed by atoms with E-state index in [0.717, 1.165) is 0 Å². The van der Waals surface area contributed by atoms with Crippen LogP contribution < -0.4 is 5.32 Å². The van der Waals surface area contributed by atoms with Gasteiger partial charge in [-0.1, -0.05) is 11.6 Å². The van der Waals surface area contributed by atoms with Gasteiger partial charge in [-0.25, -0.2) is 4.39 Å². The summed E-state index contributed by atoms with van der Waals surface area (Å²) in [6.45, 7) is 3.49. The topological polar surface area (TPSA) is 58.3 Å². The molecule has 2 aromatic heterocycles. The summed E-state index contributed by atoms with van der Waals surface area (Å²) in [6, 6.07) is 8.36. The van der Waals surface area contributed by atoms with Gasteiger partial charge < -0.3 is 14.8 Å². The number of nitrogens with one attached hydrogen (secondary N) is 1. The molecule has 0 spiro atoms. The van der Waals surface area contributed by atoms with Gasteiger partial charge in [0.15, 0.2) is 5.82 Å². The second-order valence-corrected chi connectivity index (χ2v) is 6.06. The molecule has 6 heteroatoms. The molecule has 3 aromatic rings. The lowest BCUT2D eigenvalue weighted by Gasteiger charge is -2.22. The molecule has 0 aliphatic heterocycles. The standard InChI is InChI=1S/C17H16ClFN2O2/c1-10-3-6-14(23-10)17(2,22)9-21-13-5-4-11-12(18)7-8-20-16(11)15(13)19/h3-8,21-22H,9H2,1-2H3. The van der Waals surface area contributed by atoms with E-state index in [2.05, 4.69) is 10.3 Å². The van der Waals surface area contributed by atoms with E-state index < -0.39 is 11.4 Å². The molecule has 3 rings (SSSR count). The Balaban J connectivity index is 1.86. The number of hydrogen-bond acceptors (Lipinski definition) is 4. The maximum absolute atomic E-state index is 14.5. The fourth-order valence-electron chi connectivity index (χ4n) is 2.37. The van der Waals surface area contributed by atoms with Gasteiger partial charge in [0.05, 0.1) is 17.3 Å². The summed E-state index contributed by atoms with van der Waals surface area (Å²) in [7, 11) is 0. The Kier molecular flexibility index (Phi) is 4.00. The predicted molar refractivity (Wildman–Crippen MR) is 88.2 cm³/mol. The summed E-state index contributed by atoms with van der Waals surface area (Å²) in [6.07, 6.45) is 1.46. The molecular weight excluding hydrogens is 319 g/mol. The lowest BCUT2D eigenvalue weighted by atomic mass is 10.0. The van der Waals surface area contributed by atoms with Gasteiger partial charge in [-0.2, -0.15) is 0 Å². The first kappa shape index (κ1) is 15.8. The van der Waals surface area contributed by atoms with Gasteiger partial charge in [-0.15, -0.1) is 0 Å². The zero-order chi connectivity index (χ0) is 16.6. The molecule has 120 valence electrons. The van der Waals surface area contributed by atoms with Crippen LogP contribution in [0, 0.1) is 12.7 Å². The van der Waals surface area contributed by atoms with E-state index in [0.29, 0.717) is 21.9 Å². The quantitative estimate of drug-likeness (QED) is 0.749. The number of halogens is 2. The van der Waals surface area contributed by atoms with Gasteiger partial charge in [0, 0.05) is 11.6 Å². The Morgan fingerprint density at radius 3 is 2.78 bits per heavy atom. The summed E-state index contributed by atoms with van der Waals surface area (Å²) in [5, 5.41) is 14.4. The van der Waals surface area contributed by atoms with Crippen LogP contribution in [0.3, 0.4) is 0 Å². The molecule has 23 heavy (non-hydrogen) atoms. The van der Waals surface area contributed by atoms with Crippen LogP contribution in [0.15, 0.2) is 40.9 Å². The average molecular weight is 335 g/mol. The number of aliphatic hydroxyl groups is 1. The van der Waals surface area contributed by atoms with Gasteiger partial charge in [-0.3, -0.25) is 4.98 Å². The molecule has 0 aliphatic carbocycles. The third-order valence-corrected chi connectivity index (χ3v) is 4.02. The Morgan fingerprint density at radius 2 is 2.09 bits per heavy atom. The number of fused-ring (bicyclic) bond motifs is 1. The van der Waals surface area contributed by atoms with Gasteiger partial charge in [-0.05, 0) is 44.2 Å². The van der Waals surface area contributed by atoms with Crippen LogP contribution >= 0.6 is 11.6 Å². The van der Waals surface area contributed by atoms with Gasteiger partial charge >= 0.3 is 0 Å². The van der Waals surface area contributed by atoms with Crippen LogP contribution in [0.5, 0.6) is 0 Å². The molecule has 0 saturated carbocycles. The lowest BCUT2D eigenvalue weighted by Crippen LogP contribution is -2.30. The largest absolute Gasteiger partial charge is 0.463 e. The minimum Gasteiger partial charge on any atom is -0.463 e. The predicted octanol–water partition coefficient (Wildman–Crippen LogP) is 4.25. The lowest BCUT2D eigenvalue weighted by molar-refractivity contribution is 0.0467. The number of hydrogen-bond donors (Lipinski definition) is 2. The van der Waals surface area contributed by atoms with E-state index in [1.807, 2.05) is 0 Å². The number of aromatic nitrogens is 1. The minimum atomic E-state index is -1.27. The molecule has 0 fully saturated rings. The van der Waals surface area contributed by atoms with Crippen LogP contribution in [0.1, 0.15) is 18.4 Å². The second kappa shape index (κ2) is 5.83. The normalized spacial score (nSPS) is 14.0. The van der Waals surface area contributed by atoms with Crippen molar-refractivity contribution >= 4 is 28.2 Å². The van der Waals surface area contributed by atoms with E-state index >= 15 is 0 Å². The third-order valence-electron chi connectivity index (χ3n) is 3.69. The Bertz CT molecular complexity index is 861. The van der Waals surface area contributed by atoms with E-state index in [1.54, 1.807) is 44.2 Å². The zero-order valence-electron chi connectivity index (χ0n) is 12.7. The molecule has 1 atom stereocenters. The molecule has 1 unspecified atom stereocenters. The molecular formula is C17H16ClFN2O2. The van der Waals surface area contributed by atoms with E-state index in [4.69, 9.17) is 16.0 Å². The zero-order valence-corrected chi connectivity index (χ0v) is 13.5. The fraction of sp³-hybridized carbons (Fsp3) is 0.235. The van der Waals surface area contributed by atoms with E-state index in [9.17, 15) is 9.50 Å². The van der Waals surface area contributed by atoms with Crippen molar-refractivity contribution < 1.29 is 13.9 Å². The van der Waals surface area contributed by atoms with Crippen molar-refractivity contribution in [1.82, 2.24) is 4.98 Å². The molecule has 0 amide bonds. The highest BCUT2D eigenvalue weighted by molar-refractivity contribution is 6.35. The first-order valence-corrected chi connectivity index (χ1v) is 7.52. The van der Waals surface area contributed by atoms with Crippen molar-refractivity contribution in [3.63, 3.8) is 0 Å². The minimum absolute atomic E-state index is 0.0863. The highest BCUT2D eigenvalue weighted by atomic mass is 35.5. The monoisotopic (exact) mass is 334 g/mol. The van der Waals surface area contributed by atoms with Crippen LogP contribution in [-0.4, -0.2) is 16.6 Å². The van der Waals surface area contributed by atoms with Gasteiger partial charge in [0.2, 0.25) is 0 Å². The number of anilines is 1. The van der Waals surface area contributed by atoms with Crippen LogP contribution in [-0.2, 0) is 5.60 Å². The van der Waals surface area contributed by atoms with Crippen LogP contribution in [0.2, 0.25) is 5.02 Å². The van der Waals surface area contributed by atoms with Crippen molar-refractivity contribution in [1.29, 1.82) is 0 Å². The first-order valence-electron chi connectivity index (χ1n) is 7.14. The first-order chi connectivity index (χ1) is 10.9. The van der Waals surface area contributed by atoms with E-state index in [1.165, 1.54) is 6.20 Å². The molecule has 4 nitrogen and oxygen atoms in total. The molecule has 2 N–H and O–H groups in total. The SMILES string of the molecule is Cc1ccc(C(C)(O)CNc2ccc3c(Cl)ccnc3c2F)o1. The molecule has 0 aliphatic rings.